The lowest BCUT2D eigenvalue weighted by Gasteiger charge is -2.32. The molecular formula is C25H34FN3O4S. The van der Waals surface area contributed by atoms with Crippen LogP contribution < -0.4 is 9.62 Å². The predicted molar refractivity (Wildman–Crippen MR) is 132 cm³/mol. The summed E-state index contributed by atoms with van der Waals surface area (Å²) in [5, 5.41) is 2.87. The SMILES string of the molecule is CCc1ccccc1N(CC(=O)N(Cc1ccc(F)cc1)[C@@H](C)C(=O)N[C@@H](C)CC)S(C)(=O)=O. The van der Waals surface area contributed by atoms with Gasteiger partial charge in [-0.1, -0.05) is 44.2 Å². The summed E-state index contributed by atoms with van der Waals surface area (Å²) in [5.41, 5.74) is 1.84. The standard InChI is InChI=1S/C25H34FN3O4S/c1-6-18(3)27-25(31)19(4)28(16-20-12-14-22(26)15-13-20)24(30)17-29(34(5,32)33)23-11-9-8-10-21(23)7-2/h8-15,18-19H,6-7,16-17H2,1-5H3,(H,27,31)/t18-,19-/m0/s1. The summed E-state index contributed by atoms with van der Waals surface area (Å²) in [4.78, 5) is 27.7. The van der Waals surface area contributed by atoms with Crippen molar-refractivity contribution in [2.75, 3.05) is 17.1 Å². The van der Waals surface area contributed by atoms with Gasteiger partial charge >= 0.3 is 0 Å². The minimum atomic E-state index is -3.79. The maximum absolute atomic E-state index is 13.5. The van der Waals surface area contributed by atoms with Gasteiger partial charge in [-0.2, -0.15) is 0 Å². The van der Waals surface area contributed by atoms with E-state index < -0.39 is 34.3 Å². The van der Waals surface area contributed by atoms with Crippen molar-refractivity contribution in [3.05, 3.63) is 65.5 Å². The topological polar surface area (TPSA) is 86.8 Å². The van der Waals surface area contributed by atoms with Crippen molar-refractivity contribution in [3.63, 3.8) is 0 Å². The van der Waals surface area contributed by atoms with Crippen molar-refractivity contribution in [1.29, 1.82) is 0 Å². The van der Waals surface area contributed by atoms with E-state index in [0.717, 1.165) is 22.5 Å². The van der Waals surface area contributed by atoms with E-state index in [9.17, 15) is 22.4 Å². The Kier molecular flexibility index (Phi) is 9.61. The van der Waals surface area contributed by atoms with Crippen LogP contribution in [0.3, 0.4) is 0 Å². The van der Waals surface area contributed by atoms with Crippen molar-refractivity contribution in [2.24, 2.45) is 0 Å². The van der Waals surface area contributed by atoms with Crippen LogP contribution in [0.5, 0.6) is 0 Å². The molecule has 2 atom stereocenters. The molecular weight excluding hydrogens is 457 g/mol. The third kappa shape index (κ3) is 7.28. The van der Waals surface area contributed by atoms with E-state index in [1.165, 1.54) is 29.2 Å². The molecule has 0 radical (unpaired) electrons. The molecule has 9 heteroatoms. The van der Waals surface area contributed by atoms with Gasteiger partial charge in [-0.05, 0) is 56.0 Å². The first-order valence-corrected chi connectivity index (χ1v) is 13.2. The Morgan fingerprint density at radius 1 is 1.03 bits per heavy atom. The molecule has 7 nitrogen and oxygen atoms in total. The van der Waals surface area contributed by atoms with Crippen LogP contribution in [-0.2, 0) is 32.6 Å². The zero-order valence-electron chi connectivity index (χ0n) is 20.4. The van der Waals surface area contributed by atoms with Crippen LogP contribution in [-0.4, -0.2) is 50.0 Å². The van der Waals surface area contributed by atoms with E-state index in [1.807, 2.05) is 32.9 Å². The summed E-state index contributed by atoms with van der Waals surface area (Å²) in [6.45, 7) is 6.88. The quantitative estimate of drug-likeness (QED) is 0.521. The molecule has 0 unspecified atom stereocenters. The minimum Gasteiger partial charge on any atom is -0.352 e. The Morgan fingerprint density at radius 3 is 2.21 bits per heavy atom. The molecule has 2 rings (SSSR count). The van der Waals surface area contributed by atoms with Gasteiger partial charge in [0.25, 0.3) is 0 Å². The van der Waals surface area contributed by atoms with Crippen molar-refractivity contribution >= 4 is 27.5 Å². The average Bonchev–Trinajstić information content (AvgIpc) is 2.80. The molecule has 0 saturated carbocycles. The third-order valence-electron chi connectivity index (χ3n) is 5.75. The second-order valence-corrected chi connectivity index (χ2v) is 10.3. The third-order valence-corrected chi connectivity index (χ3v) is 6.88. The molecule has 2 aromatic rings. The fourth-order valence-corrected chi connectivity index (χ4v) is 4.36. The smallest absolute Gasteiger partial charge is 0.244 e. The van der Waals surface area contributed by atoms with Crippen molar-refractivity contribution < 1.29 is 22.4 Å². The molecule has 0 aliphatic rings. The number of hydrogen-bond donors (Lipinski definition) is 1. The highest BCUT2D eigenvalue weighted by atomic mass is 32.2. The number of halogens is 1. The van der Waals surface area contributed by atoms with Gasteiger partial charge in [0.1, 0.15) is 18.4 Å². The molecule has 1 N–H and O–H groups in total. The summed E-state index contributed by atoms with van der Waals surface area (Å²) >= 11 is 0. The Balaban J connectivity index is 2.41. The number of carbonyl (C=O) groups excluding carboxylic acids is 2. The Morgan fingerprint density at radius 2 is 1.65 bits per heavy atom. The van der Waals surface area contributed by atoms with E-state index in [0.29, 0.717) is 17.7 Å². The molecule has 0 bridgehead atoms. The van der Waals surface area contributed by atoms with E-state index in [2.05, 4.69) is 5.32 Å². The fourth-order valence-electron chi connectivity index (χ4n) is 3.48. The molecule has 0 aromatic heterocycles. The van der Waals surface area contributed by atoms with Gasteiger partial charge in [0, 0.05) is 12.6 Å². The second kappa shape index (κ2) is 12.0. The molecule has 2 amide bonds. The van der Waals surface area contributed by atoms with E-state index in [-0.39, 0.29) is 18.5 Å². The lowest BCUT2D eigenvalue weighted by molar-refractivity contribution is -0.139. The number of rotatable bonds is 11. The highest BCUT2D eigenvalue weighted by Crippen LogP contribution is 2.24. The molecule has 2 aromatic carbocycles. The van der Waals surface area contributed by atoms with Crippen LogP contribution in [0.4, 0.5) is 10.1 Å². The molecule has 0 heterocycles. The number of nitrogens with zero attached hydrogens (tertiary/aromatic N) is 2. The molecule has 0 aliphatic heterocycles. The van der Waals surface area contributed by atoms with Crippen molar-refractivity contribution in [1.82, 2.24) is 10.2 Å². The molecule has 0 spiro atoms. The number of anilines is 1. The van der Waals surface area contributed by atoms with E-state index in [1.54, 1.807) is 19.1 Å². The number of sulfonamides is 1. The molecule has 0 fully saturated rings. The van der Waals surface area contributed by atoms with Gasteiger partial charge in [0.2, 0.25) is 21.8 Å². The number of hydrogen-bond acceptors (Lipinski definition) is 4. The Labute approximate surface area is 202 Å². The molecule has 0 saturated heterocycles. The number of nitrogens with one attached hydrogen (secondary N) is 1. The summed E-state index contributed by atoms with van der Waals surface area (Å²) < 4.78 is 39.8. The number of para-hydroxylation sites is 1. The van der Waals surface area contributed by atoms with Gasteiger partial charge in [0.05, 0.1) is 11.9 Å². The van der Waals surface area contributed by atoms with Crippen molar-refractivity contribution in [2.45, 2.75) is 59.2 Å². The van der Waals surface area contributed by atoms with Crippen LogP contribution in [0, 0.1) is 5.82 Å². The Bertz CT molecular complexity index is 1090. The summed E-state index contributed by atoms with van der Waals surface area (Å²) in [6.07, 6.45) is 2.36. The van der Waals surface area contributed by atoms with Crippen LogP contribution in [0.15, 0.2) is 48.5 Å². The summed E-state index contributed by atoms with van der Waals surface area (Å²) in [6, 6.07) is 11.7. The van der Waals surface area contributed by atoms with E-state index in [4.69, 9.17) is 0 Å². The van der Waals surface area contributed by atoms with Gasteiger partial charge in [-0.15, -0.1) is 0 Å². The molecule has 0 aliphatic carbocycles. The zero-order chi connectivity index (χ0) is 25.5. The molecule has 186 valence electrons. The van der Waals surface area contributed by atoms with Crippen LogP contribution >= 0.6 is 0 Å². The number of benzene rings is 2. The maximum Gasteiger partial charge on any atom is 0.244 e. The molecule has 34 heavy (non-hydrogen) atoms. The monoisotopic (exact) mass is 491 g/mol. The summed E-state index contributed by atoms with van der Waals surface area (Å²) in [7, 11) is -3.79. The van der Waals surface area contributed by atoms with Crippen LogP contribution in [0.2, 0.25) is 0 Å². The van der Waals surface area contributed by atoms with Gasteiger partial charge < -0.3 is 10.2 Å². The first kappa shape index (κ1) is 27.3. The highest BCUT2D eigenvalue weighted by molar-refractivity contribution is 7.92. The van der Waals surface area contributed by atoms with E-state index >= 15 is 0 Å². The largest absolute Gasteiger partial charge is 0.352 e. The van der Waals surface area contributed by atoms with Crippen molar-refractivity contribution in [3.8, 4) is 0 Å². The number of carbonyl (C=O) groups is 2. The minimum absolute atomic E-state index is 0.0290. The van der Waals surface area contributed by atoms with Gasteiger partial charge in [-0.3, -0.25) is 13.9 Å². The lowest BCUT2D eigenvalue weighted by atomic mass is 10.1. The second-order valence-electron chi connectivity index (χ2n) is 8.39. The lowest BCUT2D eigenvalue weighted by Crippen LogP contribution is -2.52. The Hall–Kier alpha value is -2.94. The van der Waals surface area contributed by atoms with Gasteiger partial charge in [0.15, 0.2) is 0 Å². The average molecular weight is 492 g/mol. The number of aryl methyl sites for hydroxylation is 1. The maximum atomic E-state index is 13.5. The summed E-state index contributed by atoms with van der Waals surface area (Å²) in [5.74, 6) is -1.29. The van der Waals surface area contributed by atoms with Crippen LogP contribution in [0.1, 0.15) is 45.2 Å². The first-order valence-electron chi connectivity index (χ1n) is 11.4. The van der Waals surface area contributed by atoms with Gasteiger partial charge in [-0.25, -0.2) is 12.8 Å². The van der Waals surface area contributed by atoms with Crippen LogP contribution in [0.25, 0.3) is 0 Å². The fraction of sp³-hybridized carbons (Fsp3) is 0.440. The predicted octanol–water partition coefficient (Wildman–Crippen LogP) is 3.49. The highest BCUT2D eigenvalue weighted by Gasteiger charge is 2.31. The zero-order valence-corrected chi connectivity index (χ0v) is 21.2. The first-order chi connectivity index (χ1) is 16.0. The number of amides is 2. The normalized spacial score (nSPS) is 13.1.